The summed E-state index contributed by atoms with van der Waals surface area (Å²) in [6.45, 7) is 19.3. The van der Waals surface area contributed by atoms with Gasteiger partial charge in [0.2, 0.25) is 6.41 Å². The predicted octanol–water partition coefficient (Wildman–Crippen LogP) is 5.86. The van der Waals surface area contributed by atoms with E-state index in [-0.39, 0.29) is 28.7 Å². The molecule has 0 radical (unpaired) electrons. The SMILES string of the molecule is C#CC(C)(C)C(C)(C)c1cccc(Sn2cc(C(=O)NCC(C)(C)C(C)(C)C=O)ccc2=O)c1.CCCCOC.NC=O. The number of nitrogens with two attached hydrogens (primary N) is 1. The Kier molecular flexibility index (Phi) is 16.3. The Morgan fingerprint density at radius 1 is 1.09 bits per heavy atom. The number of terminal acetylenes is 1. The number of hydrogen-bond acceptors (Lipinski definition) is 6. The average molecular weight is 614 g/mol. The maximum atomic E-state index is 12.8. The molecule has 0 unspecified atom stereocenters. The Morgan fingerprint density at radius 2 is 1.70 bits per heavy atom. The van der Waals surface area contributed by atoms with Crippen molar-refractivity contribution in [2.45, 2.75) is 85.5 Å². The van der Waals surface area contributed by atoms with E-state index >= 15 is 0 Å². The van der Waals surface area contributed by atoms with Crippen molar-refractivity contribution in [3.8, 4) is 12.3 Å². The maximum Gasteiger partial charge on any atom is 0.260 e. The topological polar surface area (TPSA) is 120 Å². The lowest BCUT2D eigenvalue weighted by molar-refractivity contribution is -0.119. The molecule has 0 bridgehead atoms. The number of methoxy groups -OCH3 is 1. The van der Waals surface area contributed by atoms with Crippen LogP contribution in [0.15, 0.2) is 52.3 Å². The fraction of sp³-hybridized carbons (Fsp3) is 0.529. The van der Waals surface area contributed by atoms with Crippen LogP contribution in [-0.2, 0) is 19.7 Å². The van der Waals surface area contributed by atoms with E-state index in [1.807, 2.05) is 65.8 Å². The maximum absolute atomic E-state index is 12.8. The molecule has 1 aromatic heterocycles. The Morgan fingerprint density at radius 3 is 2.19 bits per heavy atom. The molecule has 0 aliphatic heterocycles. The largest absolute Gasteiger partial charge is 0.385 e. The predicted molar refractivity (Wildman–Crippen MR) is 177 cm³/mol. The number of benzene rings is 1. The van der Waals surface area contributed by atoms with Crippen LogP contribution in [0.2, 0.25) is 0 Å². The van der Waals surface area contributed by atoms with E-state index < -0.39 is 10.8 Å². The molecule has 2 aromatic rings. The molecule has 3 N–H and O–H groups in total. The van der Waals surface area contributed by atoms with Crippen LogP contribution < -0.4 is 16.6 Å². The molecule has 1 aromatic carbocycles. The van der Waals surface area contributed by atoms with Crippen molar-refractivity contribution in [2.24, 2.45) is 22.0 Å². The van der Waals surface area contributed by atoms with Crippen LogP contribution in [0.4, 0.5) is 0 Å². The quantitative estimate of drug-likeness (QED) is 0.176. The Balaban J connectivity index is 0.00000171. The number of carbonyl (C=O) groups is 3. The standard InChI is InChI=1S/C28H36N2O3S.C5H12O.CH3NO/c1-10-25(2,3)28(8,9)21-12-11-13-22(16-21)34-30-17-20(14-15-23(30)32)24(33)29-18-26(4,5)27(6,7)19-31;1-3-4-5-6-2;2-1-3/h1,11-17,19H,18H2,2-9H3,(H,29,33);3-5H2,1-2H3;1H,(H2,2,3). The number of carbonyl (C=O) groups excluding carboxylic acids is 3. The first-order valence-electron chi connectivity index (χ1n) is 14.3. The summed E-state index contributed by atoms with van der Waals surface area (Å²) in [6, 6.07) is 10.9. The summed E-state index contributed by atoms with van der Waals surface area (Å²) in [5, 5.41) is 2.90. The van der Waals surface area contributed by atoms with Crippen molar-refractivity contribution in [1.82, 2.24) is 9.29 Å². The van der Waals surface area contributed by atoms with Crippen LogP contribution in [0.3, 0.4) is 0 Å². The zero-order valence-corrected chi connectivity index (χ0v) is 28.4. The molecule has 0 saturated carbocycles. The Hall–Kier alpha value is -3.35. The number of unbranched alkanes of at least 4 members (excludes halogenated alkanes) is 1. The highest BCUT2D eigenvalue weighted by atomic mass is 32.2. The number of amides is 2. The number of aldehydes is 1. The van der Waals surface area contributed by atoms with E-state index in [0.717, 1.165) is 23.4 Å². The second-order valence-electron chi connectivity index (χ2n) is 12.5. The highest BCUT2D eigenvalue weighted by molar-refractivity contribution is 7.97. The number of ether oxygens (including phenoxy) is 1. The third-order valence-corrected chi connectivity index (χ3v) is 9.20. The Bertz CT molecular complexity index is 1290. The molecule has 9 heteroatoms. The Labute approximate surface area is 262 Å². The fourth-order valence-electron chi connectivity index (χ4n) is 3.35. The number of pyridine rings is 1. The van der Waals surface area contributed by atoms with Crippen molar-refractivity contribution < 1.29 is 19.1 Å². The third-order valence-electron chi connectivity index (χ3n) is 8.26. The van der Waals surface area contributed by atoms with E-state index in [2.05, 4.69) is 37.7 Å². The van der Waals surface area contributed by atoms with Crippen LogP contribution in [0.1, 0.15) is 91.1 Å². The second-order valence-corrected chi connectivity index (χ2v) is 13.5. The van der Waals surface area contributed by atoms with Crippen molar-refractivity contribution in [2.75, 3.05) is 20.3 Å². The lowest BCUT2D eigenvalue weighted by Crippen LogP contribution is -2.44. The van der Waals surface area contributed by atoms with Gasteiger partial charge >= 0.3 is 0 Å². The van der Waals surface area contributed by atoms with Crippen molar-refractivity contribution >= 4 is 30.6 Å². The highest BCUT2D eigenvalue weighted by Crippen LogP contribution is 2.41. The van der Waals surface area contributed by atoms with Gasteiger partial charge in [0.05, 0.1) is 5.56 Å². The first-order chi connectivity index (χ1) is 19.9. The van der Waals surface area contributed by atoms with Gasteiger partial charge in [0, 0.05) is 53.7 Å². The van der Waals surface area contributed by atoms with Crippen LogP contribution in [0.5, 0.6) is 0 Å². The molecule has 8 nitrogen and oxygen atoms in total. The number of primary amides is 1. The van der Waals surface area contributed by atoms with Gasteiger partial charge in [-0.25, -0.2) is 0 Å². The molecule has 0 atom stereocenters. The monoisotopic (exact) mass is 613 g/mol. The van der Waals surface area contributed by atoms with E-state index in [4.69, 9.17) is 16.0 Å². The molecular weight excluding hydrogens is 562 g/mol. The van der Waals surface area contributed by atoms with Gasteiger partial charge in [-0.15, -0.1) is 6.42 Å². The zero-order chi connectivity index (χ0) is 33.5. The van der Waals surface area contributed by atoms with Gasteiger partial charge in [-0.05, 0) is 61.4 Å². The van der Waals surface area contributed by atoms with Gasteiger partial charge in [-0.3, -0.25) is 18.4 Å². The molecule has 0 spiro atoms. The van der Waals surface area contributed by atoms with Crippen molar-refractivity contribution in [3.05, 3.63) is 64.1 Å². The smallest absolute Gasteiger partial charge is 0.260 e. The van der Waals surface area contributed by atoms with Crippen LogP contribution in [0, 0.1) is 28.6 Å². The van der Waals surface area contributed by atoms with Crippen LogP contribution in [-0.4, -0.2) is 42.8 Å². The van der Waals surface area contributed by atoms with E-state index in [1.54, 1.807) is 13.3 Å². The van der Waals surface area contributed by atoms with Gasteiger partial charge < -0.3 is 20.6 Å². The van der Waals surface area contributed by atoms with Crippen LogP contribution in [0.25, 0.3) is 0 Å². The van der Waals surface area contributed by atoms with E-state index in [9.17, 15) is 14.4 Å². The normalized spacial score (nSPS) is 11.6. The minimum absolute atomic E-state index is 0.224. The van der Waals surface area contributed by atoms with Crippen molar-refractivity contribution in [3.63, 3.8) is 0 Å². The summed E-state index contributed by atoms with van der Waals surface area (Å²) in [6.07, 6.45) is 10.9. The minimum atomic E-state index is -0.596. The minimum Gasteiger partial charge on any atom is -0.385 e. The summed E-state index contributed by atoms with van der Waals surface area (Å²) >= 11 is 1.25. The highest BCUT2D eigenvalue weighted by Gasteiger charge is 2.38. The van der Waals surface area contributed by atoms with Gasteiger partial charge in [0.15, 0.2) is 0 Å². The van der Waals surface area contributed by atoms with Crippen molar-refractivity contribution in [1.29, 1.82) is 0 Å². The first-order valence-corrected chi connectivity index (χ1v) is 15.1. The fourth-order valence-corrected chi connectivity index (χ4v) is 4.21. The molecule has 0 aliphatic rings. The number of rotatable bonds is 12. The summed E-state index contributed by atoms with van der Waals surface area (Å²) in [7, 11) is 1.73. The molecule has 0 saturated heterocycles. The molecule has 238 valence electrons. The lowest BCUT2D eigenvalue weighted by Gasteiger charge is -2.38. The average Bonchev–Trinajstić information content (AvgIpc) is 2.96. The number of nitrogens with zero attached hydrogens (tertiary/aromatic N) is 1. The summed E-state index contributed by atoms with van der Waals surface area (Å²) in [5.74, 6) is 2.59. The molecule has 0 fully saturated rings. The van der Waals surface area contributed by atoms with Gasteiger partial charge in [0.25, 0.3) is 11.5 Å². The van der Waals surface area contributed by atoms with Gasteiger partial charge in [-0.2, -0.15) is 0 Å². The molecular formula is C34H51N3O5S. The molecule has 2 rings (SSSR count). The number of hydrogen-bond donors (Lipinski definition) is 2. The second kappa shape index (κ2) is 17.7. The van der Waals surface area contributed by atoms with Gasteiger partial charge in [-0.1, -0.05) is 72.9 Å². The third kappa shape index (κ3) is 11.7. The molecule has 2 amide bonds. The van der Waals surface area contributed by atoms with Gasteiger partial charge in [0.1, 0.15) is 6.29 Å². The molecule has 43 heavy (non-hydrogen) atoms. The van der Waals surface area contributed by atoms with E-state index in [1.165, 1.54) is 40.9 Å². The summed E-state index contributed by atoms with van der Waals surface area (Å²) < 4.78 is 6.23. The van der Waals surface area contributed by atoms with E-state index in [0.29, 0.717) is 12.1 Å². The first kappa shape index (κ1) is 39.6. The number of aromatic nitrogens is 1. The van der Waals surface area contributed by atoms with Crippen LogP contribution >= 0.6 is 11.9 Å². The zero-order valence-electron chi connectivity index (χ0n) is 27.6. The summed E-state index contributed by atoms with van der Waals surface area (Å²) in [4.78, 5) is 46.2. The molecule has 0 aliphatic carbocycles. The lowest BCUT2D eigenvalue weighted by atomic mass is 9.65. The number of nitrogens with one attached hydrogen (secondary N) is 1. The molecule has 1 heterocycles. The summed E-state index contributed by atoms with van der Waals surface area (Å²) in [5.41, 5.74) is 3.70.